The molecule has 0 spiro atoms. The van der Waals surface area contributed by atoms with Crippen LogP contribution in [-0.4, -0.2) is 45.7 Å². The Hall–Kier alpha value is -1.17. The summed E-state index contributed by atoms with van der Waals surface area (Å²) in [5.41, 5.74) is 0. The van der Waals surface area contributed by atoms with E-state index >= 15 is 0 Å². The van der Waals surface area contributed by atoms with Gasteiger partial charge in [-0.15, -0.1) is 11.8 Å². The van der Waals surface area contributed by atoms with E-state index in [1.54, 1.807) is 0 Å². The van der Waals surface area contributed by atoms with Crippen molar-refractivity contribution >= 4 is 23.8 Å². The number of carbonyl (C=O) groups is 2. The molecule has 17 heavy (non-hydrogen) atoms. The van der Waals surface area contributed by atoms with Gasteiger partial charge in [-0.05, 0) is 19.3 Å². The van der Waals surface area contributed by atoms with E-state index in [4.69, 9.17) is 5.11 Å². The van der Waals surface area contributed by atoms with Gasteiger partial charge in [0.2, 0.25) is 0 Å². The van der Waals surface area contributed by atoms with Crippen molar-refractivity contribution in [2.45, 2.75) is 31.3 Å². The smallest absolute Gasteiger partial charge is 0.327 e. The lowest BCUT2D eigenvalue weighted by Crippen LogP contribution is -2.49. The highest BCUT2D eigenvalue weighted by Gasteiger charge is 2.35. The highest BCUT2D eigenvalue weighted by Crippen LogP contribution is 2.21. The van der Waals surface area contributed by atoms with E-state index in [9.17, 15) is 9.59 Å². The number of allylic oxidation sites excluding steroid dienone is 1. The fourth-order valence-corrected chi connectivity index (χ4v) is 3.17. The number of thioether (sulfide) groups is 1. The van der Waals surface area contributed by atoms with Crippen molar-refractivity contribution in [3.63, 3.8) is 0 Å². The average Bonchev–Trinajstić information content (AvgIpc) is 2.79. The van der Waals surface area contributed by atoms with Gasteiger partial charge >= 0.3 is 12.0 Å². The van der Waals surface area contributed by atoms with E-state index in [2.05, 4.69) is 17.5 Å². The molecule has 1 fully saturated rings. The minimum absolute atomic E-state index is 0.146. The van der Waals surface area contributed by atoms with Crippen molar-refractivity contribution in [3.05, 3.63) is 12.2 Å². The van der Waals surface area contributed by atoms with Crippen LogP contribution in [0, 0.1) is 0 Å². The molecule has 2 amide bonds. The van der Waals surface area contributed by atoms with Crippen molar-refractivity contribution in [2.75, 3.05) is 11.6 Å². The first kappa shape index (κ1) is 12.3. The molecule has 2 aliphatic rings. The van der Waals surface area contributed by atoms with Gasteiger partial charge in [0.1, 0.15) is 6.04 Å². The topological polar surface area (TPSA) is 69.6 Å². The summed E-state index contributed by atoms with van der Waals surface area (Å²) < 4.78 is 0. The molecule has 1 aliphatic heterocycles. The Labute approximate surface area is 104 Å². The molecular weight excluding hydrogens is 240 g/mol. The summed E-state index contributed by atoms with van der Waals surface area (Å²) in [6.07, 6.45) is 6.91. The number of nitrogens with zero attached hydrogens (tertiary/aromatic N) is 1. The van der Waals surface area contributed by atoms with Gasteiger partial charge in [-0.3, -0.25) is 0 Å². The van der Waals surface area contributed by atoms with Crippen LogP contribution in [0.15, 0.2) is 12.2 Å². The van der Waals surface area contributed by atoms with Gasteiger partial charge in [-0.2, -0.15) is 0 Å². The van der Waals surface area contributed by atoms with Crippen molar-refractivity contribution in [1.29, 1.82) is 0 Å². The second kappa shape index (κ2) is 5.44. The number of amides is 2. The van der Waals surface area contributed by atoms with Gasteiger partial charge in [0, 0.05) is 11.8 Å². The van der Waals surface area contributed by atoms with Gasteiger partial charge < -0.3 is 15.3 Å². The minimum Gasteiger partial charge on any atom is -0.480 e. The molecule has 2 rings (SSSR count). The van der Waals surface area contributed by atoms with E-state index in [1.165, 1.54) is 16.7 Å². The zero-order valence-electron chi connectivity index (χ0n) is 9.46. The monoisotopic (exact) mass is 256 g/mol. The number of carboxylic acids is 1. The third-order valence-corrected chi connectivity index (χ3v) is 4.04. The van der Waals surface area contributed by atoms with Crippen LogP contribution in [0.1, 0.15) is 19.3 Å². The molecule has 2 N–H and O–H groups in total. The molecule has 1 unspecified atom stereocenters. The van der Waals surface area contributed by atoms with Crippen LogP contribution < -0.4 is 5.32 Å². The zero-order chi connectivity index (χ0) is 12.3. The Morgan fingerprint density at radius 3 is 2.88 bits per heavy atom. The van der Waals surface area contributed by atoms with Gasteiger partial charge in [-0.1, -0.05) is 12.2 Å². The summed E-state index contributed by atoms with van der Waals surface area (Å²) >= 11 is 1.48. The first-order chi connectivity index (χ1) is 8.18. The highest BCUT2D eigenvalue weighted by molar-refractivity contribution is 7.99. The molecule has 0 aromatic rings. The lowest BCUT2D eigenvalue weighted by molar-refractivity contribution is -0.140. The molecule has 0 radical (unpaired) electrons. The maximum absolute atomic E-state index is 11.9. The number of rotatable bonds is 2. The van der Waals surface area contributed by atoms with E-state index in [1.807, 2.05) is 0 Å². The molecular formula is C11H16N2O3S. The first-order valence-corrected chi connectivity index (χ1v) is 6.86. The van der Waals surface area contributed by atoms with Crippen LogP contribution >= 0.6 is 11.8 Å². The van der Waals surface area contributed by atoms with Gasteiger partial charge in [-0.25, -0.2) is 9.59 Å². The van der Waals surface area contributed by atoms with Crippen LogP contribution in [0.25, 0.3) is 0 Å². The highest BCUT2D eigenvalue weighted by atomic mass is 32.2. The van der Waals surface area contributed by atoms with E-state index in [0.717, 1.165) is 19.3 Å². The fraction of sp³-hybridized carbons (Fsp3) is 0.636. The quantitative estimate of drug-likeness (QED) is 0.730. The minimum atomic E-state index is -0.923. The second-order valence-corrected chi connectivity index (χ2v) is 5.25. The standard InChI is InChI=1S/C11H16N2O3S/c14-10(15)9-6-17-7-13(9)11(16)12-8-4-2-1-3-5-8/h1-2,8-9H,3-7H2,(H,12,16)(H,14,15)/t8?,9-/m0/s1. The van der Waals surface area contributed by atoms with Crippen LogP contribution in [0.3, 0.4) is 0 Å². The molecule has 6 heteroatoms. The summed E-state index contributed by atoms with van der Waals surface area (Å²) in [4.78, 5) is 24.3. The van der Waals surface area contributed by atoms with E-state index < -0.39 is 12.0 Å². The maximum Gasteiger partial charge on any atom is 0.327 e. The number of aliphatic carboxylic acids is 1. The molecule has 5 nitrogen and oxygen atoms in total. The van der Waals surface area contributed by atoms with Crippen molar-refractivity contribution in [2.24, 2.45) is 0 Å². The fourth-order valence-electron chi connectivity index (χ4n) is 2.03. The number of hydrogen-bond acceptors (Lipinski definition) is 3. The molecule has 0 aromatic carbocycles. The summed E-state index contributed by atoms with van der Waals surface area (Å²) in [7, 11) is 0. The Morgan fingerprint density at radius 1 is 1.41 bits per heavy atom. The van der Waals surface area contributed by atoms with Gasteiger partial charge in [0.25, 0.3) is 0 Å². The molecule has 1 aliphatic carbocycles. The van der Waals surface area contributed by atoms with Gasteiger partial charge in [0.05, 0.1) is 5.88 Å². The largest absolute Gasteiger partial charge is 0.480 e. The predicted octanol–water partition coefficient (Wildman–Crippen LogP) is 1.26. The number of carbonyl (C=O) groups excluding carboxylic acids is 1. The molecule has 0 saturated carbocycles. The van der Waals surface area contributed by atoms with Crippen molar-refractivity contribution in [3.8, 4) is 0 Å². The number of nitrogens with one attached hydrogen (secondary N) is 1. The average molecular weight is 256 g/mol. The van der Waals surface area contributed by atoms with Crippen molar-refractivity contribution < 1.29 is 14.7 Å². The normalized spacial score (nSPS) is 28.1. The Kier molecular flexibility index (Phi) is 3.93. The van der Waals surface area contributed by atoms with E-state index in [0.29, 0.717) is 11.6 Å². The Morgan fingerprint density at radius 2 is 2.24 bits per heavy atom. The summed E-state index contributed by atoms with van der Waals surface area (Å²) in [6, 6.07) is -0.783. The second-order valence-electron chi connectivity index (χ2n) is 4.25. The summed E-state index contributed by atoms with van der Waals surface area (Å²) in [5.74, 6) is 0.0206. The zero-order valence-corrected chi connectivity index (χ0v) is 10.3. The van der Waals surface area contributed by atoms with Gasteiger partial charge in [0.15, 0.2) is 0 Å². The lowest BCUT2D eigenvalue weighted by atomic mass is 10.0. The number of urea groups is 1. The van der Waals surface area contributed by atoms with E-state index in [-0.39, 0.29) is 12.1 Å². The third-order valence-electron chi connectivity index (χ3n) is 3.02. The van der Waals surface area contributed by atoms with Crippen LogP contribution in [0.5, 0.6) is 0 Å². The SMILES string of the molecule is O=C(O)[C@@H]1CSCN1C(=O)NC1CC=CCC1. The lowest BCUT2D eigenvalue weighted by Gasteiger charge is -2.25. The predicted molar refractivity (Wildman–Crippen MR) is 65.9 cm³/mol. The Balaban J connectivity index is 1.90. The molecule has 1 saturated heterocycles. The Bertz CT molecular complexity index is 346. The van der Waals surface area contributed by atoms with Crippen LogP contribution in [0.4, 0.5) is 4.79 Å². The van der Waals surface area contributed by atoms with Crippen LogP contribution in [-0.2, 0) is 4.79 Å². The molecule has 1 heterocycles. The maximum atomic E-state index is 11.9. The molecule has 2 atom stereocenters. The molecule has 0 bridgehead atoms. The summed E-state index contributed by atoms with van der Waals surface area (Å²) in [5, 5.41) is 11.9. The number of carboxylic acid groups (broad SMARTS) is 1. The van der Waals surface area contributed by atoms with Crippen molar-refractivity contribution in [1.82, 2.24) is 10.2 Å². The third kappa shape index (κ3) is 2.94. The summed E-state index contributed by atoms with van der Waals surface area (Å²) in [6.45, 7) is 0. The molecule has 0 aromatic heterocycles. The van der Waals surface area contributed by atoms with Crippen LogP contribution in [0.2, 0.25) is 0 Å². The first-order valence-electron chi connectivity index (χ1n) is 5.71. The molecule has 94 valence electrons. The number of hydrogen-bond donors (Lipinski definition) is 2.